The fourth-order valence-corrected chi connectivity index (χ4v) is 1.95. The van der Waals surface area contributed by atoms with Crippen molar-refractivity contribution < 1.29 is 18.7 Å². The van der Waals surface area contributed by atoms with Gasteiger partial charge in [-0.15, -0.1) is 0 Å². The normalized spacial score (nSPS) is 10.5. The van der Waals surface area contributed by atoms with Crippen molar-refractivity contribution in [3.63, 3.8) is 0 Å². The molecule has 2 aromatic rings. The highest BCUT2D eigenvalue weighted by molar-refractivity contribution is 9.10. The molecule has 0 amide bonds. The van der Waals surface area contributed by atoms with Crippen molar-refractivity contribution in [2.75, 3.05) is 5.32 Å². The van der Waals surface area contributed by atoms with Gasteiger partial charge in [0.05, 0.1) is 11.0 Å². The number of rotatable bonds is 4. The number of hydrogen-bond acceptors (Lipinski definition) is 3. The molecule has 0 unspecified atom stereocenters. The van der Waals surface area contributed by atoms with Crippen molar-refractivity contribution in [2.45, 2.75) is 13.5 Å². The number of carboxylic acid groups (broad SMARTS) is 1. The van der Waals surface area contributed by atoms with Crippen molar-refractivity contribution in [1.82, 2.24) is 0 Å². The molecule has 0 spiro atoms. The van der Waals surface area contributed by atoms with E-state index in [1.54, 1.807) is 19.1 Å². The van der Waals surface area contributed by atoms with Crippen LogP contribution in [0.15, 0.2) is 33.2 Å². The van der Waals surface area contributed by atoms with E-state index in [-0.39, 0.29) is 11.6 Å². The van der Waals surface area contributed by atoms with Crippen LogP contribution < -0.4 is 5.32 Å². The zero-order valence-corrected chi connectivity index (χ0v) is 11.6. The van der Waals surface area contributed by atoms with Gasteiger partial charge in [0.2, 0.25) is 5.76 Å². The number of carbonyl (C=O) groups is 1. The van der Waals surface area contributed by atoms with Gasteiger partial charge >= 0.3 is 5.97 Å². The minimum atomic E-state index is -1.10. The lowest BCUT2D eigenvalue weighted by Gasteiger charge is -2.09. The number of anilines is 1. The van der Waals surface area contributed by atoms with Gasteiger partial charge in [0.25, 0.3) is 0 Å². The lowest BCUT2D eigenvalue weighted by atomic mass is 10.2. The summed E-state index contributed by atoms with van der Waals surface area (Å²) in [5.41, 5.74) is 1.51. The Morgan fingerprint density at radius 3 is 2.84 bits per heavy atom. The summed E-state index contributed by atoms with van der Waals surface area (Å²) in [7, 11) is 0. The summed E-state index contributed by atoms with van der Waals surface area (Å²) in [6.45, 7) is 2.11. The molecule has 0 aliphatic heterocycles. The standard InChI is InChI=1S/C13H11BrFNO3/c1-7-4-10(15)9(14)5-11(7)16-6-8-2-3-12(19-8)13(17)18/h2-5,16H,6H2,1H3,(H,17,18). The lowest BCUT2D eigenvalue weighted by molar-refractivity contribution is 0.0660. The number of aromatic carboxylic acids is 1. The molecular formula is C13H11BrFNO3. The molecule has 2 N–H and O–H groups in total. The first kappa shape index (κ1) is 13.6. The second-order valence-electron chi connectivity index (χ2n) is 4.01. The maximum Gasteiger partial charge on any atom is 0.371 e. The third-order valence-electron chi connectivity index (χ3n) is 2.59. The quantitative estimate of drug-likeness (QED) is 0.896. The molecule has 0 aliphatic carbocycles. The molecule has 0 atom stereocenters. The molecule has 19 heavy (non-hydrogen) atoms. The zero-order valence-electron chi connectivity index (χ0n) is 10.0. The lowest BCUT2D eigenvalue weighted by Crippen LogP contribution is -2.01. The van der Waals surface area contributed by atoms with Gasteiger partial charge in [-0.1, -0.05) is 0 Å². The molecule has 1 aromatic heterocycles. The second kappa shape index (κ2) is 5.44. The third-order valence-corrected chi connectivity index (χ3v) is 3.20. The molecule has 0 radical (unpaired) electrons. The van der Waals surface area contributed by atoms with Gasteiger partial charge in [0.15, 0.2) is 0 Å². The highest BCUT2D eigenvalue weighted by atomic mass is 79.9. The van der Waals surface area contributed by atoms with Crippen LogP contribution in [0, 0.1) is 12.7 Å². The third kappa shape index (κ3) is 3.14. The monoisotopic (exact) mass is 327 g/mol. The molecule has 6 heteroatoms. The van der Waals surface area contributed by atoms with Crippen LogP contribution in [0.5, 0.6) is 0 Å². The first-order valence-electron chi connectivity index (χ1n) is 5.49. The molecule has 100 valence electrons. The average Bonchev–Trinajstić information content (AvgIpc) is 2.81. The number of hydrogen-bond donors (Lipinski definition) is 2. The first-order valence-corrected chi connectivity index (χ1v) is 6.28. The maximum atomic E-state index is 13.3. The van der Waals surface area contributed by atoms with Gasteiger partial charge in [-0.3, -0.25) is 0 Å². The van der Waals surface area contributed by atoms with Crippen LogP contribution in [0.3, 0.4) is 0 Å². The summed E-state index contributed by atoms with van der Waals surface area (Å²) in [5, 5.41) is 11.8. The second-order valence-corrected chi connectivity index (χ2v) is 4.86. The zero-order chi connectivity index (χ0) is 14.0. The Balaban J connectivity index is 2.09. The fourth-order valence-electron chi connectivity index (χ4n) is 1.61. The van der Waals surface area contributed by atoms with Crippen molar-refractivity contribution in [2.24, 2.45) is 0 Å². The largest absolute Gasteiger partial charge is 0.475 e. The Bertz CT molecular complexity index is 624. The van der Waals surface area contributed by atoms with Crippen molar-refractivity contribution in [3.8, 4) is 0 Å². The van der Waals surface area contributed by atoms with E-state index in [2.05, 4.69) is 21.2 Å². The van der Waals surface area contributed by atoms with E-state index >= 15 is 0 Å². The number of halogens is 2. The van der Waals surface area contributed by atoms with E-state index in [1.165, 1.54) is 12.1 Å². The minimum Gasteiger partial charge on any atom is -0.475 e. The number of aryl methyl sites for hydroxylation is 1. The Kier molecular flexibility index (Phi) is 3.90. The highest BCUT2D eigenvalue weighted by Crippen LogP contribution is 2.24. The molecule has 0 saturated heterocycles. The van der Waals surface area contributed by atoms with E-state index in [1.807, 2.05) is 0 Å². The number of benzene rings is 1. The predicted octanol–water partition coefficient (Wildman–Crippen LogP) is 3.80. The minimum absolute atomic E-state index is 0.103. The summed E-state index contributed by atoms with van der Waals surface area (Å²) in [5.74, 6) is -1.03. The number of nitrogens with one attached hydrogen (secondary N) is 1. The SMILES string of the molecule is Cc1cc(F)c(Br)cc1NCc1ccc(C(=O)O)o1. The molecule has 0 bridgehead atoms. The van der Waals surface area contributed by atoms with Crippen LogP contribution in [0.25, 0.3) is 0 Å². The number of furan rings is 1. The van der Waals surface area contributed by atoms with E-state index in [4.69, 9.17) is 9.52 Å². The van der Waals surface area contributed by atoms with Crippen LogP contribution in [-0.2, 0) is 6.54 Å². The van der Waals surface area contributed by atoms with Crippen molar-refractivity contribution >= 4 is 27.6 Å². The van der Waals surface area contributed by atoms with E-state index < -0.39 is 5.97 Å². The molecule has 2 rings (SSSR count). The molecular weight excluding hydrogens is 317 g/mol. The van der Waals surface area contributed by atoms with Gasteiger partial charge < -0.3 is 14.8 Å². The van der Waals surface area contributed by atoms with Crippen LogP contribution in [0.1, 0.15) is 21.9 Å². The van der Waals surface area contributed by atoms with E-state index in [9.17, 15) is 9.18 Å². The molecule has 1 heterocycles. The summed E-state index contributed by atoms with van der Waals surface area (Å²) < 4.78 is 18.7. The smallest absolute Gasteiger partial charge is 0.371 e. The molecule has 1 aromatic carbocycles. The molecule has 4 nitrogen and oxygen atoms in total. The van der Waals surface area contributed by atoms with E-state index in [0.717, 1.165) is 11.3 Å². The van der Waals surface area contributed by atoms with Gasteiger partial charge in [-0.05, 0) is 52.7 Å². The Labute approximate surface area is 117 Å². The summed E-state index contributed by atoms with van der Waals surface area (Å²) in [6.07, 6.45) is 0. The van der Waals surface area contributed by atoms with Crippen LogP contribution >= 0.6 is 15.9 Å². The number of carboxylic acids is 1. The first-order chi connectivity index (χ1) is 8.97. The van der Waals surface area contributed by atoms with Crippen LogP contribution in [0.2, 0.25) is 0 Å². The Morgan fingerprint density at radius 1 is 1.47 bits per heavy atom. The maximum absolute atomic E-state index is 13.3. The molecule has 0 aliphatic rings. The van der Waals surface area contributed by atoms with Gasteiger partial charge in [0.1, 0.15) is 11.6 Å². The Hall–Kier alpha value is -1.82. The van der Waals surface area contributed by atoms with Crippen LogP contribution in [0.4, 0.5) is 10.1 Å². The van der Waals surface area contributed by atoms with Crippen molar-refractivity contribution in [3.05, 3.63) is 51.6 Å². The van der Waals surface area contributed by atoms with Crippen molar-refractivity contribution in [1.29, 1.82) is 0 Å². The summed E-state index contributed by atoms with van der Waals surface area (Å²) in [6, 6.07) is 6.03. The van der Waals surface area contributed by atoms with Gasteiger partial charge in [-0.2, -0.15) is 0 Å². The predicted molar refractivity (Wildman–Crippen MR) is 71.8 cm³/mol. The summed E-state index contributed by atoms with van der Waals surface area (Å²) in [4.78, 5) is 10.7. The topological polar surface area (TPSA) is 62.5 Å². The average molecular weight is 328 g/mol. The van der Waals surface area contributed by atoms with Gasteiger partial charge in [-0.25, -0.2) is 9.18 Å². The van der Waals surface area contributed by atoms with E-state index in [0.29, 0.717) is 16.8 Å². The Morgan fingerprint density at radius 2 is 2.21 bits per heavy atom. The van der Waals surface area contributed by atoms with Gasteiger partial charge in [0, 0.05) is 5.69 Å². The molecule has 0 saturated carbocycles. The highest BCUT2D eigenvalue weighted by Gasteiger charge is 2.10. The van der Waals surface area contributed by atoms with Crippen LogP contribution in [-0.4, -0.2) is 11.1 Å². The summed E-state index contributed by atoms with van der Waals surface area (Å²) >= 11 is 3.11. The fraction of sp³-hybridized carbons (Fsp3) is 0.154. The molecule has 0 fully saturated rings.